The Morgan fingerprint density at radius 2 is 1.83 bits per heavy atom. The minimum absolute atomic E-state index is 0.281. The van der Waals surface area contributed by atoms with E-state index in [1.54, 1.807) is 26.2 Å². The van der Waals surface area contributed by atoms with E-state index in [1.165, 1.54) is 12.0 Å². The average Bonchev–Trinajstić information content (AvgIpc) is 2.51. The highest BCUT2D eigenvalue weighted by Crippen LogP contribution is 2.37. The van der Waals surface area contributed by atoms with Crippen LogP contribution in [0.2, 0.25) is 0 Å². The summed E-state index contributed by atoms with van der Waals surface area (Å²) in [5.74, 6) is 1.08. The Bertz CT molecular complexity index is 507. The van der Waals surface area contributed by atoms with Crippen molar-refractivity contribution >= 4 is 11.8 Å². The minimum atomic E-state index is -1.06. The highest BCUT2D eigenvalue weighted by atomic mass is 16.5. The van der Waals surface area contributed by atoms with E-state index in [4.69, 9.17) is 18.9 Å². The van der Waals surface area contributed by atoms with Crippen molar-refractivity contribution in [3.63, 3.8) is 0 Å². The molecule has 0 aliphatic heterocycles. The van der Waals surface area contributed by atoms with Crippen LogP contribution in [0.1, 0.15) is 26.3 Å². The summed E-state index contributed by atoms with van der Waals surface area (Å²) in [7, 11) is 3.11. The van der Waals surface area contributed by atoms with E-state index >= 15 is 0 Å². The Labute approximate surface area is 143 Å². The molecule has 0 fully saturated rings. The molecule has 24 heavy (non-hydrogen) atoms. The van der Waals surface area contributed by atoms with Gasteiger partial charge >= 0.3 is 6.09 Å². The van der Waals surface area contributed by atoms with Gasteiger partial charge in [0.15, 0.2) is 11.5 Å². The van der Waals surface area contributed by atoms with E-state index in [2.05, 4.69) is 0 Å². The van der Waals surface area contributed by atoms with Gasteiger partial charge in [0.05, 0.1) is 38.2 Å². The van der Waals surface area contributed by atoms with Gasteiger partial charge < -0.3 is 24.1 Å². The van der Waals surface area contributed by atoms with E-state index in [-0.39, 0.29) is 19.3 Å². The van der Waals surface area contributed by atoms with Crippen LogP contribution < -0.4 is 14.4 Å². The van der Waals surface area contributed by atoms with Crippen LogP contribution in [0, 0.1) is 0 Å². The zero-order valence-electron chi connectivity index (χ0n) is 15.0. The van der Waals surface area contributed by atoms with E-state index in [1.807, 2.05) is 13.8 Å². The third-order valence-electron chi connectivity index (χ3n) is 3.34. The SMILES string of the molecule is CCOc1cc(N(C(=O)O)C(C)COC)cc(COC)c1OCC. The van der Waals surface area contributed by atoms with Crippen LogP contribution in [-0.2, 0) is 16.1 Å². The zero-order valence-corrected chi connectivity index (χ0v) is 15.0. The normalized spacial score (nSPS) is 11.9. The van der Waals surface area contributed by atoms with Crippen LogP contribution in [0.4, 0.5) is 10.5 Å². The quantitative estimate of drug-likeness (QED) is 0.704. The molecule has 0 aromatic heterocycles. The lowest BCUT2D eigenvalue weighted by molar-refractivity contribution is 0.168. The van der Waals surface area contributed by atoms with E-state index in [9.17, 15) is 9.90 Å². The molecule has 1 atom stereocenters. The van der Waals surface area contributed by atoms with Crippen molar-refractivity contribution in [1.29, 1.82) is 0 Å². The molecule has 1 aromatic carbocycles. The summed E-state index contributed by atoms with van der Waals surface area (Å²) in [6.45, 7) is 7.00. The summed E-state index contributed by atoms with van der Waals surface area (Å²) >= 11 is 0. The van der Waals surface area contributed by atoms with Gasteiger partial charge in [0.25, 0.3) is 0 Å². The molecular weight excluding hydrogens is 314 g/mol. The summed E-state index contributed by atoms with van der Waals surface area (Å²) in [6, 6.07) is 3.07. The number of carbonyl (C=O) groups is 1. The highest BCUT2D eigenvalue weighted by molar-refractivity contribution is 5.87. The lowest BCUT2D eigenvalue weighted by Crippen LogP contribution is -2.40. The van der Waals surface area contributed by atoms with Gasteiger partial charge in [-0.15, -0.1) is 0 Å². The van der Waals surface area contributed by atoms with Crippen molar-refractivity contribution < 1.29 is 28.8 Å². The second-order valence-electron chi connectivity index (χ2n) is 5.19. The second kappa shape index (κ2) is 10.00. The number of hydrogen-bond donors (Lipinski definition) is 1. The largest absolute Gasteiger partial charge is 0.490 e. The lowest BCUT2D eigenvalue weighted by Gasteiger charge is -2.27. The predicted octanol–water partition coefficient (Wildman–Crippen LogP) is 3.15. The number of benzene rings is 1. The molecule has 1 aromatic rings. The molecule has 0 radical (unpaired) electrons. The number of nitrogens with zero attached hydrogens (tertiary/aromatic N) is 1. The van der Waals surface area contributed by atoms with Gasteiger partial charge in [-0.1, -0.05) is 0 Å². The summed E-state index contributed by atoms with van der Waals surface area (Å²) in [4.78, 5) is 13.0. The molecule has 1 amide bonds. The first kappa shape index (κ1) is 20.1. The molecular formula is C17H27NO6. The maximum atomic E-state index is 11.7. The second-order valence-corrected chi connectivity index (χ2v) is 5.19. The van der Waals surface area contributed by atoms with Crippen LogP contribution in [0.15, 0.2) is 12.1 Å². The molecule has 0 saturated carbocycles. The molecule has 0 heterocycles. The third-order valence-corrected chi connectivity index (χ3v) is 3.34. The molecule has 1 N–H and O–H groups in total. The molecule has 0 aliphatic carbocycles. The minimum Gasteiger partial charge on any atom is -0.490 e. The van der Waals surface area contributed by atoms with Crippen molar-refractivity contribution in [3.05, 3.63) is 17.7 Å². The Kier molecular flexibility index (Phi) is 8.35. The Hall–Kier alpha value is -1.99. The Balaban J connectivity index is 3.42. The van der Waals surface area contributed by atoms with E-state index in [0.717, 1.165) is 5.56 Å². The van der Waals surface area contributed by atoms with Crippen molar-refractivity contribution in [2.75, 3.05) is 38.9 Å². The summed E-state index contributed by atoms with van der Waals surface area (Å²) in [5.41, 5.74) is 1.22. The molecule has 7 heteroatoms. The first-order valence-electron chi connectivity index (χ1n) is 7.92. The maximum Gasteiger partial charge on any atom is 0.412 e. The van der Waals surface area contributed by atoms with Crippen molar-refractivity contribution in [1.82, 2.24) is 0 Å². The fraction of sp³-hybridized carbons (Fsp3) is 0.588. The maximum absolute atomic E-state index is 11.7. The van der Waals surface area contributed by atoms with Gasteiger partial charge in [-0.25, -0.2) is 4.79 Å². The number of ether oxygens (including phenoxy) is 4. The van der Waals surface area contributed by atoms with Crippen LogP contribution in [0.25, 0.3) is 0 Å². The zero-order chi connectivity index (χ0) is 18.1. The molecule has 136 valence electrons. The number of carboxylic acid groups (broad SMARTS) is 1. The molecule has 0 bridgehead atoms. The van der Waals surface area contributed by atoms with Gasteiger partial charge in [-0.3, -0.25) is 4.90 Å². The third kappa shape index (κ3) is 5.01. The van der Waals surface area contributed by atoms with Gasteiger partial charge in [0.1, 0.15) is 0 Å². The Morgan fingerprint density at radius 3 is 2.33 bits per heavy atom. The van der Waals surface area contributed by atoms with Crippen molar-refractivity contribution in [2.45, 2.75) is 33.4 Å². The number of methoxy groups -OCH3 is 2. The monoisotopic (exact) mass is 341 g/mol. The molecule has 0 spiro atoms. The van der Waals surface area contributed by atoms with Gasteiger partial charge in [0, 0.05) is 25.8 Å². The summed E-state index contributed by atoms with van der Waals surface area (Å²) in [5, 5.41) is 9.61. The highest BCUT2D eigenvalue weighted by Gasteiger charge is 2.24. The number of hydrogen-bond acceptors (Lipinski definition) is 5. The van der Waals surface area contributed by atoms with E-state index < -0.39 is 6.09 Å². The average molecular weight is 341 g/mol. The smallest absolute Gasteiger partial charge is 0.412 e. The van der Waals surface area contributed by atoms with Crippen molar-refractivity contribution in [3.8, 4) is 11.5 Å². The first-order valence-corrected chi connectivity index (χ1v) is 7.92. The van der Waals surface area contributed by atoms with Gasteiger partial charge in [0.2, 0.25) is 0 Å². The first-order chi connectivity index (χ1) is 11.5. The van der Waals surface area contributed by atoms with Crippen LogP contribution >= 0.6 is 0 Å². The Morgan fingerprint density at radius 1 is 1.17 bits per heavy atom. The molecule has 0 saturated heterocycles. The molecule has 1 unspecified atom stereocenters. The fourth-order valence-electron chi connectivity index (χ4n) is 2.49. The predicted molar refractivity (Wildman–Crippen MR) is 91.3 cm³/mol. The fourth-order valence-corrected chi connectivity index (χ4v) is 2.49. The topological polar surface area (TPSA) is 77.5 Å². The van der Waals surface area contributed by atoms with E-state index in [0.29, 0.717) is 30.4 Å². The van der Waals surface area contributed by atoms with Crippen LogP contribution in [0.5, 0.6) is 11.5 Å². The summed E-state index contributed by atoms with van der Waals surface area (Å²) in [6.07, 6.45) is -1.06. The number of anilines is 1. The summed E-state index contributed by atoms with van der Waals surface area (Å²) < 4.78 is 21.6. The van der Waals surface area contributed by atoms with Crippen molar-refractivity contribution in [2.24, 2.45) is 0 Å². The van der Waals surface area contributed by atoms with Gasteiger partial charge in [-0.2, -0.15) is 0 Å². The lowest BCUT2D eigenvalue weighted by atomic mass is 10.1. The van der Waals surface area contributed by atoms with Crippen LogP contribution in [0.3, 0.4) is 0 Å². The molecule has 0 aliphatic rings. The molecule has 7 nitrogen and oxygen atoms in total. The number of rotatable bonds is 10. The van der Waals surface area contributed by atoms with Crippen LogP contribution in [-0.4, -0.2) is 51.3 Å². The van der Waals surface area contributed by atoms with Gasteiger partial charge in [-0.05, 0) is 26.8 Å². The number of amides is 1. The molecule has 1 rings (SSSR count). The standard InChI is InChI=1S/C17H27NO6/c1-6-23-15-9-14(18(17(19)20)12(3)10-21-4)8-13(11-22-5)16(15)24-7-2/h8-9,12H,6-7,10-11H2,1-5H3,(H,19,20).